The summed E-state index contributed by atoms with van der Waals surface area (Å²) in [5, 5.41) is 8.77. The summed E-state index contributed by atoms with van der Waals surface area (Å²) >= 11 is 7.04. The maximum atomic E-state index is 13.6. The fraction of sp³-hybridized carbons (Fsp3) is 0.435. The molecule has 2 fully saturated rings. The fourth-order valence-electron chi connectivity index (χ4n) is 4.59. The van der Waals surface area contributed by atoms with Gasteiger partial charge in [-0.05, 0) is 30.9 Å². The minimum absolute atomic E-state index is 0.0136. The molecule has 1 saturated carbocycles. The van der Waals surface area contributed by atoms with Gasteiger partial charge in [0.2, 0.25) is 5.91 Å². The van der Waals surface area contributed by atoms with Crippen molar-refractivity contribution in [2.24, 2.45) is 11.3 Å². The van der Waals surface area contributed by atoms with E-state index in [-0.39, 0.29) is 39.7 Å². The number of carbonyl (C=O) groups is 4. The van der Waals surface area contributed by atoms with Crippen LogP contribution in [-0.4, -0.2) is 58.3 Å². The first-order valence-electron chi connectivity index (χ1n) is 11.2. The average Bonchev–Trinajstić information content (AvgIpc) is 3.29. The Labute approximate surface area is 205 Å². The third kappa shape index (κ3) is 3.94. The van der Waals surface area contributed by atoms with E-state index in [2.05, 4.69) is 15.6 Å². The summed E-state index contributed by atoms with van der Waals surface area (Å²) in [7, 11) is 0. The number of fused-ring (bicyclic) bond motifs is 2. The van der Waals surface area contributed by atoms with Crippen LogP contribution in [0.2, 0.25) is 5.15 Å². The molecular weight excluding hydrogens is 478 g/mol. The molecule has 1 aliphatic carbocycles. The van der Waals surface area contributed by atoms with Crippen molar-refractivity contribution in [1.82, 2.24) is 25.6 Å². The standard InChI is InChI=1S/C23H24ClN5O4S/c1-2-13(9-25-20(31)17-18(24)26-12-34-17)19(30)27-16-14-5-3-4-6-15(14)21(32)28-10-23(7-8-23)11-29(28)22(16)33/h3-6,12-13,16H,2,7-11H2,1H3,(H,25,31)(H,27,30)/t13?,16-/m0/s1. The molecule has 9 nitrogen and oxygen atoms in total. The molecule has 1 unspecified atom stereocenters. The van der Waals surface area contributed by atoms with Crippen molar-refractivity contribution < 1.29 is 19.2 Å². The van der Waals surface area contributed by atoms with Gasteiger partial charge in [-0.2, -0.15) is 0 Å². The molecule has 34 heavy (non-hydrogen) atoms. The normalized spacial score (nSPS) is 21.1. The number of hydrazine groups is 1. The Kier molecular flexibility index (Phi) is 5.81. The maximum absolute atomic E-state index is 13.6. The van der Waals surface area contributed by atoms with Crippen molar-refractivity contribution in [3.05, 3.63) is 50.9 Å². The minimum Gasteiger partial charge on any atom is -0.350 e. The summed E-state index contributed by atoms with van der Waals surface area (Å²) in [6.07, 6.45) is 2.42. The van der Waals surface area contributed by atoms with Crippen LogP contribution < -0.4 is 10.6 Å². The topological polar surface area (TPSA) is 112 Å². The van der Waals surface area contributed by atoms with Crippen LogP contribution in [0.25, 0.3) is 0 Å². The Morgan fingerprint density at radius 2 is 1.97 bits per heavy atom. The lowest BCUT2D eigenvalue weighted by molar-refractivity contribution is -0.145. The molecule has 2 aromatic rings. The summed E-state index contributed by atoms with van der Waals surface area (Å²) in [5.74, 6) is -1.87. The Hall–Kier alpha value is -2.98. The number of halogens is 1. The molecule has 178 valence electrons. The van der Waals surface area contributed by atoms with Gasteiger partial charge in [0.15, 0.2) is 5.15 Å². The molecule has 2 N–H and O–H groups in total. The second-order valence-electron chi connectivity index (χ2n) is 9.08. The van der Waals surface area contributed by atoms with Crippen LogP contribution in [-0.2, 0) is 9.59 Å². The first-order valence-corrected chi connectivity index (χ1v) is 12.5. The molecule has 1 spiro atoms. The van der Waals surface area contributed by atoms with E-state index in [0.717, 1.165) is 24.2 Å². The molecule has 3 heterocycles. The summed E-state index contributed by atoms with van der Waals surface area (Å²) in [4.78, 5) is 56.6. The highest BCUT2D eigenvalue weighted by Crippen LogP contribution is 2.52. The van der Waals surface area contributed by atoms with E-state index in [1.807, 2.05) is 6.92 Å². The van der Waals surface area contributed by atoms with E-state index in [9.17, 15) is 19.2 Å². The predicted octanol–water partition coefficient (Wildman–Crippen LogP) is 2.40. The second kappa shape index (κ2) is 8.66. The van der Waals surface area contributed by atoms with Crippen LogP contribution in [0.4, 0.5) is 0 Å². The molecule has 11 heteroatoms. The van der Waals surface area contributed by atoms with Gasteiger partial charge in [0.25, 0.3) is 17.7 Å². The number of carbonyl (C=O) groups excluding carboxylic acids is 4. The number of thiazole rings is 1. The summed E-state index contributed by atoms with van der Waals surface area (Å²) in [6.45, 7) is 2.93. The van der Waals surface area contributed by atoms with Gasteiger partial charge in [-0.1, -0.05) is 36.7 Å². The predicted molar refractivity (Wildman–Crippen MR) is 125 cm³/mol. The summed E-state index contributed by atoms with van der Waals surface area (Å²) in [6, 6.07) is 5.94. The monoisotopic (exact) mass is 501 g/mol. The zero-order valence-corrected chi connectivity index (χ0v) is 20.1. The van der Waals surface area contributed by atoms with Gasteiger partial charge in [0.05, 0.1) is 24.5 Å². The Morgan fingerprint density at radius 3 is 2.65 bits per heavy atom. The lowest BCUT2D eigenvalue weighted by Gasteiger charge is -2.28. The van der Waals surface area contributed by atoms with E-state index in [4.69, 9.17) is 11.6 Å². The first kappa shape index (κ1) is 22.8. The molecule has 1 aromatic heterocycles. The van der Waals surface area contributed by atoms with Crippen LogP contribution in [0.1, 0.15) is 57.8 Å². The maximum Gasteiger partial charge on any atom is 0.272 e. The van der Waals surface area contributed by atoms with Crippen LogP contribution in [0.5, 0.6) is 0 Å². The van der Waals surface area contributed by atoms with E-state index >= 15 is 0 Å². The highest BCUT2D eigenvalue weighted by atomic mass is 35.5. The molecule has 0 bridgehead atoms. The summed E-state index contributed by atoms with van der Waals surface area (Å²) in [5.41, 5.74) is 2.37. The zero-order valence-electron chi connectivity index (χ0n) is 18.5. The number of nitrogens with zero attached hydrogens (tertiary/aromatic N) is 3. The van der Waals surface area contributed by atoms with Gasteiger partial charge >= 0.3 is 0 Å². The molecule has 4 amide bonds. The van der Waals surface area contributed by atoms with Crippen molar-refractivity contribution in [2.75, 3.05) is 19.6 Å². The summed E-state index contributed by atoms with van der Waals surface area (Å²) < 4.78 is 0. The minimum atomic E-state index is -0.979. The first-order chi connectivity index (χ1) is 16.3. The zero-order chi connectivity index (χ0) is 24.0. The average molecular weight is 502 g/mol. The van der Waals surface area contributed by atoms with Gasteiger partial charge in [0, 0.05) is 17.5 Å². The lowest BCUT2D eigenvalue weighted by Crippen LogP contribution is -2.48. The Morgan fingerprint density at radius 1 is 1.24 bits per heavy atom. The smallest absolute Gasteiger partial charge is 0.272 e. The van der Waals surface area contributed by atoms with Gasteiger partial charge in [-0.25, -0.2) is 15.0 Å². The van der Waals surface area contributed by atoms with E-state index in [1.54, 1.807) is 24.3 Å². The van der Waals surface area contributed by atoms with Crippen molar-refractivity contribution in [2.45, 2.75) is 32.2 Å². The third-order valence-electron chi connectivity index (χ3n) is 6.85. The Bertz CT molecular complexity index is 1180. The molecule has 0 radical (unpaired) electrons. The number of aromatic nitrogens is 1. The third-order valence-corrected chi connectivity index (χ3v) is 8.07. The van der Waals surface area contributed by atoms with Crippen LogP contribution in [0, 0.1) is 11.3 Å². The van der Waals surface area contributed by atoms with Crippen molar-refractivity contribution >= 4 is 46.6 Å². The van der Waals surface area contributed by atoms with Crippen molar-refractivity contribution in [1.29, 1.82) is 0 Å². The molecule has 5 rings (SSSR count). The highest BCUT2D eigenvalue weighted by molar-refractivity contribution is 7.12. The fourth-order valence-corrected chi connectivity index (χ4v) is 5.51. The SMILES string of the molecule is CCC(CNC(=O)c1scnc1Cl)C(=O)N[C@@H]1C(=O)N2CC3(CC3)CN2C(=O)c2ccccc21. The van der Waals surface area contributed by atoms with Crippen molar-refractivity contribution in [3.8, 4) is 0 Å². The van der Waals surface area contributed by atoms with Gasteiger partial charge in [0.1, 0.15) is 10.9 Å². The number of hydrogen-bond acceptors (Lipinski definition) is 6. The van der Waals surface area contributed by atoms with E-state index in [0.29, 0.717) is 30.6 Å². The highest BCUT2D eigenvalue weighted by Gasteiger charge is 2.56. The number of benzene rings is 1. The quantitative estimate of drug-likeness (QED) is 0.631. The Balaban J connectivity index is 1.35. The largest absolute Gasteiger partial charge is 0.350 e. The number of rotatable bonds is 6. The van der Waals surface area contributed by atoms with E-state index < -0.39 is 17.9 Å². The molecule has 3 aliphatic rings. The van der Waals surface area contributed by atoms with Crippen LogP contribution >= 0.6 is 22.9 Å². The van der Waals surface area contributed by atoms with Gasteiger partial charge in [-0.15, -0.1) is 11.3 Å². The second-order valence-corrected chi connectivity index (χ2v) is 10.3. The molecule has 1 saturated heterocycles. The van der Waals surface area contributed by atoms with Gasteiger partial charge < -0.3 is 10.6 Å². The molecule has 2 aliphatic heterocycles. The number of hydrogen-bond donors (Lipinski definition) is 2. The lowest BCUT2D eigenvalue weighted by atomic mass is 9.97. The number of amides is 4. The van der Waals surface area contributed by atoms with Crippen LogP contribution in [0.15, 0.2) is 29.8 Å². The van der Waals surface area contributed by atoms with Crippen molar-refractivity contribution in [3.63, 3.8) is 0 Å². The molecule has 1 aromatic carbocycles. The molecule has 2 atom stereocenters. The molecular formula is C23H24ClN5O4S. The van der Waals surface area contributed by atoms with Crippen LogP contribution in [0.3, 0.4) is 0 Å². The van der Waals surface area contributed by atoms with E-state index in [1.165, 1.54) is 15.5 Å². The number of nitrogens with one attached hydrogen (secondary N) is 2. The van der Waals surface area contributed by atoms with Gasteiger partial charge in [-0.3, -0.25) is 19.2 Å².